The van der Waals surface area contributed by atoms with Crippen LogP contribution in [-0.4, -0.2) is 16.6 Å². The Hall–Kier alpha value is -0.750. The van der Waals surface area contributed by atoms with Gasteiger partial charge >= 0.3 is 0 Å². The lowest BCUT2D eigenvalue weighted by Gasteiger charge is -2.16. The van der Waals surface area contributed by atoms with Gasteiger partial charge in [-0.2, -0.15) is 0 Å². The number of rotatable bonds is 5. The summed E-state index contributed by atoms with van der Waals surface area (Å²) in [5, 5.41) is 13.4. The van der Waals surface area contributed by atoms with Gasteiger partial charge in [-0.1, -0.05) is 0 Å². The summed E-state index contributed by atoms with van der Waals surface area (Å²) in [6.45, 7) is 2.62. The fraction of sp³-hybridized carbons (Fsp3) is 0.308. The lowest BCUT2D eigenvalue weighted by atomic mass is 10.1. The van der Waals surface area contributed by atoms with Gasteiger partial charge in [0.05, 0.1) is 9.89 Å². The highest BCUT2D eigenvalue weighted by Crippen LogP contribution is 2.27. The van der Waals surface area contributed by atoms with E-state index in [-0.39, 0.29) is 6.04 Å². The Balaban J connectivity index is 1.88. The third-order valence-corrected chi connectivity index (χ3v) is 4.54. The van der Waals surface area contributed by atoms with Crippen LogP contribution >= 0.6 is 27.3 Å². The molecular formula is C13H15BrN2OS. The number of pyridine rings is 1. The van der Waals surface area contributed by atoms with Crippen LogP contribution < -0.4 is 5.32 Å². The summed E-state index contributed by atoms with van der Waals surface area (Å²) < 4.78 is 1.13. The van der Waals surface area contributed by atoms with Crippen LogP contribution in [0.5, 0.6) is 0 Å². The molecule has 5 heteroatoms. The standard InChI is InChI=1S/C13H15BrN2OS/c1-9(12-2-3-13(14)18-12)16-8-11(17)10-4-6-15-7-5-10/h2-7,9,11,16-17H,8H2,1H3. The molecule has 2 rings (SSSR count). The summed E-state index contributed by atoms with van der Waals surface area (Å²) in [7, 11) is 0. The Bertz CT molecular complexity index is 489. The van der Waals surface area contributed by atoms with Crippen molar-refractivity contribution in [3.05, 3.63) is 50.9 Å². The average Bonchev–Trinajstić information content (AvgIpc) is 2.83. The molecule has 0 saturated carbocycles. The molecule has 0 radical (unpaired) electrons. The predicted octanol–water partition coefficient (Wildman–Crippen LogP) is 3.29. The van der Waals surface area contributed by atoms with E-state index in [1.807, 2.05) is 18.2 Å². The molecule has 0 aliphatic heterocycles. The van der Waals surface area contributed by atoms with E-state index in [0.29, 0.717) is 6.54 Å². The molecule has 0 amide bonds. The van der Waals surface area contributed by atoms with Crippen LogP contribution in [0.4, 0.5) is 0 Å². The van der Waals surface area contributed by atoms with Gasteiger partial charge in [0.2, 0.25) is 0 Å². The average molecular weight is 327 g/mol. The summed E-state index contributed by atoms with van der Waals surface area (Å²) in [4.78, 5) is 5.19. The first-order chi connectivity index (χ1) is 8.66. The molecule has 96 valence electrons. The van der Waals surface area contributed by atoms with Gasteiger partial charge in [-0.15, -0.1) is 11.3 Å². The largest absolute Gasteiger partial charge is 0.387 e. The van der Waals surface area contributed by atoms with Gasteiger partial charge in [-0.3, -0.25) is 4.98 Å². The first kappa shape index (κ1) is 13.7. The zero-order chi connectivity index (χ0) is 13.0. The van der Waals surface area contributed by atoms with Gasteiger partial charge in [-0.05, 0) is 52.7 Å². The SMILES string of the molecule is CC(NCC(O)c1ccncc1)c1ccc(Br)s1. The van der Waals surface area contributed by atoms with Crippen molar-refractivity contribution in [3.63, 3.8) is 0 Å². The Kier molecular flexibility index (Phi) is 4.88. The maximum absolute atomic E-state index is 10.0. The van der Waals surface area contributed by atoms with Crippen molar-refractivity contribution in [1.29, 1.82) is 0 Å². The van der Waals surface area contributed by atoms with Gasteiger partial charge in [0.25, 0.3) is 0 Å². The zero-order valence-corrected chi connectivity index (χ0v) is 12.4. The normalized spacial score (nSPS) is 14.4. The number of thiophene rings is 1. The van der Waals surface area contributed by atoms with Gasteiger partial charge in [0, 0.05) is 29.9 Å². The molecule has 0 fully saturated rings. The summed E-state index contributed by atoms with van der Waals surface area (Å²) in [5.74, 6) is 0. The van der Waals surface area contributed by atoms with Gasteiger partial charge in [0.15, 0.2) is 0 Å². The van der Waals surface area contributed by atoms with Crippen LogP contribution in [0.1, 0.15) is 29.5 Å². The predicted molar refractivity (Wildman–Crippen MR) is 77.6 cm³/mol. The number of nitrogens with zero attached hydrogens (tertiary/aromatic N) is 1. The first-order valence-corrected chi connectivity index (χ1v) is 7.34. The molecule has 2 N–H and O–H groups in total. The van der Waals surface area contributed by atoms with Crippen molar-refractivity contribution < 1.29 is 5.11 Å². The Labute approximate surface area is 119 Å². The van der Waals surface area contributed by atoms with Gasteiger partial charge in [0.1, 0.15) is 0 Å². The third-order valence-electron chi connectivity index (χ3n) is 2.73. The third kappa shape index (κ3) is 3.62. The number of nitrogens with one attached hydrogen (secondary N) is 1. The van der Waals surface area contributed by atoms with Crippen LogP contribution in [0.15, 0.2) is 40.4 Å². The molecule has 18 heavy (non-hydrogen) atoms. The lowest BCUT2D eigenvalue weighted by Crippen LogP contribution is -2.24. The minimum absolute atomic E-state index is 0.234. The van der Waals surface area contributed by atoms with Crippen molar-refractivity contribution in [3.8, 4) is 0 Å². The van der Waals surface area contributed by atoms with Gasteiger partial charge in [-0.25, -0.2) is 0 Å². The molecule has 2 heterocycles. The number of aliphatic hydroxyl groups is 1. The zero-order valence-electron chi connectivity index (χ0n) is 10.0. The molecule has 2 atom stereocenters. The Morgan fingerprint density at radius 3 is 2.67 bits per heavy atom. The van der Waals surface area contributed by atoms with Crippen LogP contribution in [0.25, 0.3) is 0 Å². The molecular weight excluding hydrogens is 312 g/mol. The summed E-state index contributed by atoms with van der Waals surface area (Å²) >= 11 is 5.16. The number of halogens is 1. The Morgan fingerprint density at radius 2 is 2.06 bits per heavy atom. The van der Waals surface area contributed by atoms with Gasteiger partial charge < -0.3 is 10.4 Å². The second-order valence-corrected chi connectivity index (χ2v) is 6.56. The van der Waals surface area contributed by atoms with Crippen LogP contribution in [0.3, 0.4) is 0 Å². The van der Waals surface area contributed by atoms with Crippen molar-refractivity contribution in [2.75, 3.05) is 6.54 Å². The number of hydrogen-bond donors (Lipinski definition) is 2. The van der Waals surface area contributed by atoms with Crippen LogP contribution in [0, 0.1) is 0 Å². The van der Waals surface area contributed by atoms with Crippen LogP contribution in [-0.2, 0) is 0 Å². The van der Waals surface area contributed by atoms with E-state index in [9.17, 15) is 5.11 Å². The van der Waals surface area contributed by atoms with E-state index >= 15 is 0 Å². The van der Waals surface area contributed by atoms with E-state index in [2.05, 4.69) is 39.2 Å². The number of aromatic nitrogens is 1. The van der Waals surface area contributed by atoms with Crippen molar-refractivity contribution in [1.82, 2.24) is 10.3 Å². The number of hydrogen-bond acceptors (Lipinski definition) is 4. The molecule has 0 spiro atoms. The molecule has 2 aromatic rings. The maximum atomic E-state index is 10.0. The molecule has 0 bridgehead atoms. The fourth-order valence-electron chi connectivity index (χ4n) is 1.65. The Morgan fingerprint density at radius 1 is 1.33 bits per heavy atom. The highest BCUT2D eigenvalue weighted by molar-refractivity contribution is 9.11. The monoisotopic (exact) mass is 326 g/mol. The maximum Gasteiger partial charge on any atom is 0.0915 e. The second-order valence-electron chi connectivity index (χ2n) is 4.07. The van der Waals surface area contributed by atoms with E-state index in [1.54, 1.807) is 23.7 Å². The quantitative estimate of drug-likeness (QED) is 0.886. The first-order valence-electron chi connectivity index (χ1n) is 5.73. The summed E-state index contributed by atoms with van der Waals surface area (Å²) in [6.07, 6.45) is 2.88. The highest BCUT2D eigenvalue weighted by atomic mass is 79.9. The number of aliphatic hydroxyl groups excluding tert-OH is 1. The highest BCUT2D eigenvalue weighted by Gasteiger charge is 2.11. The van der Waals surface area contributed by atoms with Crippen molar-refractivity contribution in [2.24, 2.45) is 0 Å². The molecule has 0 aliphatic carbocycles. The summed E-state index contributed by atoms with van der Waals surface area (Å²) in [6, 6.07) is 8.03. The van der Waals surface area contributed by atoms with E-state index in [0.717, 1.165) is 9.35 Å². The molecule has 0 saturated heterocycles. The topological polar surface area (TPSA) is 45.1 Å². The molecule has 0 aromatic carbocycles. The molecule has 2 unspecified atom stereocenters. The van der Waals surface area contributed by atoms with E-state index in [1.165, 1.54) is 4.88 Å². The molecule has 2 aromatic heterocycles. The fourth-order valence-corrected chi connectivity index (χ4v) is 3.10. The lowest BCUT2D eigenvalue weighted by molar-refractivity contribution is 0.171. The second kappa shape index (κ2) is 6.43. The van der Waals surface area contributed by atoms with E-state index in [4.69, 9.17) is 0 Å². The molecule has 0 aliphatic rings. The minimum atomic E-state index is -0.501. The van der Waals surface area contributed by atoms with E-state index < -0.39 is 6.10 Å². The van der Waals surface area contributed by atoms with Crippen molar-refractivity contribution in [2.45, 2.75) is 19.1 Å². The minimum Gasteiger partial charge on any atom is -0.387 e. The molecule has 3 nitrogen and oxygen atoms in total. The van der Waals surface area contributed by atoms with Crippen molar-refractivity contribution >= 4 is 27.3 Å². The smallest absolute Gasteiger partial charge is 0.0915 e. The van der Waals surface area contributed by atoms with Crippen LogP contribution in [0.2, 0.25) is 0 Å². The summed E-state index contributed by atoms with van der Waals surface area (Å²) in [5.41, 5.74) is 0.886.